The Labute approximate surface area is 133 Å². The van der Waals surface area contributed by atoms with Crippen LogP contribution in [0.15, 0.2) is 42.5 Å². The molecule has 1 aliphatic rings. The van der Waals surface area contributed by atoms with E-state index in [0.717, 1.165) is 23.0 Å². The van der Waals surface area contributed by atoms with Crippen molar-refractivity contribution in [3.63, 3.8) is 0 Å². The highest BCUT2D eigenvalue weighted by molar-refractivity contribution is 7.16. The number of rotatable bonds is 3. The highest BCUT2D eigenvalue weighted by Crippen LogP contribution is 2.42. The summed E-state index contributed by atoms with van der Waals surface area (Å²) >= 11 is 1.75. The minimum absolute atomic E-state index is 0.885. The van der Waals surface area contributed by atoms with Crippen molar-refractivity contribution in [2.45, 2.75) is 6.42 Å². The van der Waals surface area contributed by atoms with Gasteiger partial charge in [-0.3, -0.25) is 0 Å². The summed E-state index contributed by atoms with van der Waals surface area (Å²) in [6, 6.07) is 14.9. The van der Waals surface area contributed by atoms with E-state index < -0.39 is 0 Å². The fourth-order valence-corrected chi connectivity index (χ4v) is 3.85. The first-order chi connectivity index (χ1) is 10.8. The van der Waals surface area contributed by atoms with Crippen LogP contribution in [0.25, 0.3) is 22.4 Å². The van der Waals surface area contributed by atoms with Gasteiger partial charge in [-0.15, -0.1) is 11.3 Å². The summed E-state index contributed by atoms with van der Waals surface area (Å²) < 4.78 is 5.22. The summed E-state index contributed by atoms with van der Waals surface area (Å²) in [6.45, 7) is 0. The summed E-state index contributed by atoms with van der Waals surface area (Å²) in [4.78, 5) is 6.02. The van der Waals surface area contributed by atoms with Crippen LogP contribution >= 0.6 is 11.3 Å². The lowest BCUT2D eigenvalue weighted by Gasteiger charge is -2.07. The molecule has 0 saturated carbocycles. The van der Waals surface area contributed by atoms with Crippen LogP contribution in [0.5, 0.6) is 5.75 Å². The first kappa shape index (κ1) is 13.3. The smallest absolute Gasteiger partial charge is 0.183 e. The van der Waals surface area contributed by atoms with Gasteiger partial charge in [-0.2, -0.15) is 0 Å². The summed E-state index contributed by atoms with van der Waals surface area (Å²) in [6.07, 6.45) is 0.980. The molecule has 1 N–H and O–H groups in total. The van der Waals surface area contributed by atoms with E-state index in [1.807, 2.05) is 19.2 Å². The zero-order valence-electron chi connectivity index (χ0n) is 12.5. The first-order valence-electron chi connectivity index (χ1n) is 7.23. The SMILES string of the molecule is CNc1nc2c(s1)Cc1cc(-c3ccc(OC)cc3)ccc1-2. The summed E-state index contributed by atoms with van der Waals surface area (Å²) in [5.41, 5.74) is 6.23. The molecule has 0 aliphatic heterocycles. The molecule has 0 spiro atoms. The molecule has 3 nitrogen and oxygen atoms in total. The molecule has 0 bridgehead atoms. The number of hydrogen-bond acceptors (Lipinski definition) is 4. The minimum Gasteiger partial charge on any atom is -0.497 e. The molecule has 1 aliphatic carbocycles. The summed E-state index contributed by atoms with van der Waals surface area (Å²) in [7, 11) is 3.61. The van der Waals surface area contributed by atoms with Crippen LogP contribution in [0.2, 0.25) is 0 Å². The van der Waals surface area contributed by atoms with Crippen LogP contribution in [0.3, 0.4) is 0 Å². The Morgan fingerprint density at radius 3 is 2.59 bits per heavy atom. The topological polar surface area (TPSA) is 34.2 Å². The van der Waals surface area contributed by atoms with Gasteiger partial charge >= 0.3 is 0 Å². The van der Waals surface area contributed by atoms with Gasteiger partial charge in [-0.05, 0) is 28.8 Å². The largest absolute Gasteiger partial charge is 0.497 e. The molecule has 2 aromatic carbocycles. The predicted octanol–water partition coefficient (Wildman–Crippen LogP) is 4.43. The van der Waals surface area contributed by atoms with Crippen molar-refractivity contribution in [1.29, 1.82) is 0 Å². The van der Waals surface area contributed by atoms with Crippen LogP contribution in [-0.4, -0.2) is 19.1 Å². The number of nitrogens with zero attached hydrogens (tertiary/aromatic N) is 1. The molecule has 110 valence electrons. The Kier molecular flexibility index (Phi) is 3.12. The predicted molar refractivity (Wildman–Crippen MR) is 91.9 cm³/mol. The highest BCUT2D eigenvalue weighted by atomic mass is 32.1. The monoisotopic (exact) mass is 308 g/mol. The molecule has 3 aromatic rings. The number of aromatic nitrogens is 1. The first-order valence-corrected chi connectivity index (χ1v) is 8.05. The minimum atomic E-state index is 0.885. The highest BCUT2D eigenvalue weighted by Gasteiger charge is 2.23. The Hall–Kier alpha value is -2.33. The lowest BCUT2D eigenvalue weighted by molar-refractivity contribution is 0.415. The molecule has 22 heavy (non-hydrogen) atoms. The van der Waals surface area contributed by atoms with E-state index >= 15 is 0 Å². The molecule has 0 atom stereocenters. The van der Waals surface area contributed by atoms with Crippen molar-refractivity contribution in [2.24, 2.45) is 0 Å². The lowest BCUT2D eigenvalue weighted by atomic mass is 10.00. The molecule has 0 fully saturated rings. The van der Waals surface area contributed by atoms with E-state index in [1.165, 1.54) is 27.1 Å². The van der Waals surface area contributed by atoms with Crippen LogP contribution in [0, 0.1) is 0 Å². The second-order valence-corrected chi connectivity index (χ2v) is 6.40. The van der Waals surface area contributed by atoms with Crippen LogP contribution in [0.4, 0.5) is 5.13 Å². The third-order valence-electron chi connectivity index (χ3n) is 4.05. The number of hydrogen-bond donors (Lipinski definition) is 1. The maximum Gasteiger partial charge on any atom is 0.183 e. The van der Waals surface area contributed by atoms with E-state index in [9.17, 15) is 0 Å². The Bertz CT molecular complexity index is 837. The van der Waals surface area contributed by atoms with Gasteiger partial charge in [0, 0.05) is 23.9 Å². The number of benzene rings is 2. The van der Waals surface area contributed by atoms with Crippen LogP contribution in [-0.2, 0) is 6.42 Å². The zero-order valence-corrected chi connectivity index (χ0v) is 13.3. The average molecular weight is 308 g/mol. The van der Waals surface area contributed by atoms with Gasteiger partial charge < -0.3 is 10.1 Å². The van der Waals surface area contributed by atoms with Crippen molar-refractivity contribution in [3.8, 4) is 28.1 Å². The Balaban J connectivity index is 1.71. The molecular formula is C18H16N2OS. The van der Waals surface area contributed by atoms with Crippen molar-refractivity contribution in [2.75, 3.05) is 19.5 Å². The quantitative estimate of drug-likeness (QED) is 0.608. The standard InChI is InChI=1S/C18H16N2OS/c1-19-18-20-17-15-8-5-12(9-13(15)10-16(17)22-18)11-3-6-14(21-2)7-4-11/h3-9H,10H2,1-2H3,(H,19,20). The van der Waals surface area contributed by atoms with Gasteiger partial charge in [0.2, 0.25) is 0 Å². The maximum atomic E-state index is 5.22. The molecule has 1 heterocycles. The third-order valence-corrected chi connectivity index (χ3v) is 5.12. The number of ether oxygens (including phenoxy) is 1. The van der Waals surface area contributed by atoms with Crippen LogP contribution in [0.1, 0.15) is 10.4 Å². The van der Waals surface area contributed by atoms with Crippen molar-refractivity contribution < 1.29 is 4.74 Å². The molecule has 4 heteroatoms. The second-order valence-electron chi connectivity index (χ2n) is 5.32. The van der Waals surface area contributed by atoms with Gasteiger partial charge in [-0.25, -0.2) is 4.98 Å². The second kappa shape index (κ2) is 5.14. The molecule has 0 unspecified atom stereocenters. The fraction of sp³-hybridized carbons (Fsp3) is 0.167. The van der Waals surface area contributed by atoms with E-state index in [2.05, 4.69) is 40.6 Å². The van der Waals surface area contributed by atoms with Crippen LogP contribution < -0.4 is 10.1 Å². The lowest BCUT2D eigenvalue weighted by Crippen LogP contribution is -1.88. The summed E-state index contributed by atoms with van der Waals surface area (Å²) in [5.74, 6) is 0.885. The van der Waals surface area contributed by atoms with Gasteiger partial charge in [0.05, 0.1) is 12.8 Å². The summed E-state index contributed by atoms with van der Waals surface area (Å²) in [5, 5.41) is 4.13. The molecule has 0 saturated heterocycles. The third kappa shape index (κ3) is 2.07. The van der Waals surface area contributed by atoms with E-state index in [-0.39, 0.29) is 0 Å². The van der Waals surface area contributed by atoms with Gasteiger partial charge in [-0.1, -0.05) is 30.3 Å². The number of fused-ring (bicyclic) bond motifs is 3. The van der Waals surface area contributed by atoms with Gasteiger partial charge in [0.1, 0.15) is 5.75 Å². The normalized spacial score (nSPS) is 11.9. The Morgan fingerprint density at radius 1 is 1.09 bits per heavy atom. The number of anilines is 1. The molecule has 1 aromatic heterocycles. The maximum absolute atomic E-state index is 5.22. The molecule has 4 rings (SSSR count). The van der Waals surface area contributed by atoms with Crippen molar-refractivity contribution in [3.05, 3.63) is 52.9 Å². The van der Waals surface area contributed by atoms with Gasteiger partial charge in [0.15, 0.2) is 5.13 Å². The van der Waals surface area contributed by atoms with E-state index in [1.54, 1.807) is 18.4 Å². The number of nitrogens with one attached hydrogen (secondary N) is 1. The van der Waals surface area contributed by atoms with Crippen molar-refractivity contribution >= 4 is 16.5 Å². The van der Waals surface area contributed by atoms with E-state index in [4.69, 9.17) is 4.74 Å². The van der Waals surface area contributed by atoms with E-state index in [0.29, 0.717) is 0 Å². The Morgan fingerprint density at radius 2 is 1.86 bits per heavy atom. The zero-order chi connectivity index (χ0) is 15.1. The molecule has 0 radical (unpaired) electrons. The fourth-order valence-electron chi connectivity index (χ4n) is 2.90. The average Bonchev–Trinajstić information content (AvgIpc) is 3.11. The molecule has 0 amide bonds. The van der Waals surface area contributed by atoms with Gasteiger partial charge in [0.25, 0.3) is 0 Å². The number of methoxy groups -OCH3 is 1. The van der Waals surface area contributed by atoms with Crippen molar-refractivity contribution in [1.82, 2.24) is 4.98 Å². The molecular weight excluding hydrogens is 292 g/mol. The number of thiazole rings is 1.